The number of ether oxygens (including phenoxy) is 1. The molecule has 4 N–H and O–H groups in total. The van der Waals surface area contributed by atoms with Gasteiger partial charge in [0.25, 0.3) is 0 Å². The molecule has 0 fully saturated rings. The Balaban J connectivity index is 2.17. The predicted octanol–water partition coefficient (Wildman–Crippen LogP) is 1.22. The van der Waals surface area contributed by atoms with Crippen LogP contribution < -0.4 is 21.3 Å². The van der Waals surface area contributed by atoms with Crippen molar-refractivity contribution in [3.05, 3.63) is 27.7 Å². The van der Waals surface area contributed by atoms with Gasteiger partial charge in [-0.05, 0) is 29.9 Å². The minimum atomic E-state index is 0.423. The van der Waals surface area contributed by atoms with E-state index in [1.807, 2.05) is 6.07 Å². The molecular weight excluding hydrogens is 290 g/mol. The van der Waals surface area contributed by atoms with E-state index < -0.39 is 0 Å². The molecule has 0 saturated carbocycles. The van der Waals surface area contributed by atoms with Gasteiger partial charge in [-0.3, -0.25) is 0 Å². The molecule has 1 aliphatic heterocycles. The van der Waals surface area contributed by atoms with Gasteiger partial charge < -0.3 is 15.5 Å². The summed E-state index contributed by atoms with van der Waals surface area (Å²) in [5, 5.41) is 3.42. The van der Waals surface area contributed by atoms with Crippen LogP contribution in [0.5, 0.6) is 5.75 Å². The van der Waals surface area contributed by atoms with E-state index in [1.54, 1.807) is 0 Å². The number of benzene rings is 1. The Bertz CT molecular complexity index is 425. The fraction of sp³-hybridized carbons (Fsp3) is 0.300. The Kier molecular flexibility index (Phi) is 3.63. The fourth-order valence-electron chi connectivity index (χ4n) is 1.70. The van der Waals surface area contributed by atoms with Crippen molar-refractivity contribution < 1.29 is 4.74 Å². The third-order valence-electron chi connectivity index (χ3n) is 2.40. The number of nitrogens with two attached hydrogens (primary N) is 1. The van der Waals surface area contributed by atoms with E-state index in [9.17, 15) is 0 Å². The van der Waals surface area contributed by atoms with Gasteiger partial charge in [0.15, 0.2) is 5.11 Å². The van der Waals surface area contributed by atoms with E-state index in [0.717, 1.165) is 28.8 Å². The Morgan fingerprint density at radius 3 is 3.12 bits per heavy atom. The maximum Gasteiger partial charge on any atom is 0.180 e. The second kappa shape index (κ2) is 4.99. The lowest BCUT2D eigenvalue weighted by molar-refractivity contribution is 0.353. The van der Waals surface area contributed by atoms with E-state index in [2.05, 4.69) is 32.7 Å². The molecule has 0 atom stereocenters. The average Bonchev–Trinajstić information content (AvgIpc) is 2.73. The van der Waals surface area contributed by atoms with Gasteiger partial charge in [-0.15, -0.1) is 0 Å². The number of fused-ring (bicyclic) bond motifs is 1. The van der Waals surface area contributed by atoms with Gasteiger partial charge in [-0.25, -0.2) is 5.84 Å². The molecule has 0 spiro atoms. The van der Waals surface area contributed by atoms with Gasteiger partial charge >= 0.3 is 0 Å². The highest BCUT2D eigenvalue weighted by Gasteiger charge is 2.17. The molecule has 16 heavy (non-hydrogen) atoms. The lowest BCUT2D eigenvalue weighted by Gasteiger charge is -2.11. The number of thiocarbonyl (C=S) groups is 1. The monoisotopic (exact) mass is 301 g/mol. The molecule has 6 heteroatoms. The first-order chi connectivity index (χ1) is 7.70. The summed E-state index contributed by atoms with van der Waals surface area (Å²) in [5.74, 6) is 6.15. The zero-order chi connectivity index (χ0) is 11.5. The first-order valence-corrected chi connectivity index (χ1v) is 6.09. The molecule has 1 aromatic carbocycles. The zero-order valence-corrected chi connectivity index (χ0v) is 11.0. The molecule has 0 aromatic heterocycles. The minimum Gasteiger partial charge on any atom is -0.493 e. The molecule has 0 bridgehead atoms. The van der Waals surface area contributed by atoms with Crippen molar-refractivity contribution in [2.24, 2.45) is 5.84 Å². The van der Waals surface area contributed by atoms with Gasteiger partial charge in [0.1, 0.15) is 5.75 Å². The number of hydrazine groups is 1. The summed E-state index contributed by atoms with van der Waals surface area (Å²) in [6.45, 7) is 1.35. The fourth-order valence-corrected chi connectivity index (χ4v) is 2.33. The molecule has 0 saturated heterocycles. The van der Waals surface area contributed by atoms with E-state index in [0.29, 0.717) is 11.7 Å². The van der Waals surface area contributed by atoms with Crippen molar-refractivity contribution in [1.29, 1.82) is 0 Å². The summed E-state index contributed by atoms with van der Waals surface area (Å²) in [6.07, 6.45) is 0.960. The third-order valence-corrected chi connectivity index (χ3v) is 3.12. The summed E-state index contributed by atoms with van der Waals surface area (Å²) in [6, 6.07) is 4.11. The van der Waals surface area contributed by atoms with E-state index in [-0.39, 0.29) is 0 Å². The highest BCUT2D eigenvalue weighted by atomic mass is 79.9. The van der Waals surface area contributed by atoms with Crippen molar-refractivity contribution >= 4 is 33.3 Å². The normalized spacial score (nSPS) is 12.9. The van der Waals surface area contributed by atoms with Crippen LogP contribution in [0.3, 0.4) is 0 Å². The Labute approximate surface area is 108 Å². The maximum absolute atomic E-state index is 5.59. The third kappa shape index (κ3) is 2.45. The van der Waals surface area contributed by atoms with Crippen LogP contribution in [0.1, 0.15) is 11.1 Å². The van der Waals surface area contributed by atoms with Crippen LogP contribution >= 0.6 is 28.1 Å². The largest absolute Gasteiger partial charge is 0.493 e. The van der Waals surface area contributed by atoms with Crippen LogP contribution in [-0.4, -0.2) is 11.7 Å². The lowest BCUT2D eigenvalue weighted by atomic mass is 10.1. The van der Waals surface area contributed by atoms with Crippen molar-refractivity contribution in [1.82, 2.24) is 10.7 Å². The van der Waals surface area contributed by atoms with Crippen LogP contribution in [-0.2, 0) is 13.0 Å². The second-order valence-electron chi connectivity index (χ2n) is 3.48. The number of hydrogen-bond donors (Lipinski definition) is 3. The Morgan fingerprint density at radius 2 is 2.38 bits per heavy atom. The molecule has 0 radical (unpaired) electrons. The highest BCUT2D eigenvalue weighted by Crippen LogP contribution is 2.32. The molecule has 0 unspecified atom stereocenters. The molecule has 0 aliphatic carbocycles. The highest BCUT2D eigenvalue weighted by molar-refractivity contribution is 9.10. The van der Waals surface area contributed by atoms with E-state index in [4.69, 9.17) is 22.8 Å². The van der Waals surface area contributed by atoms with Gasteiger partial charge in [-0.2, -0.15) is 0 Å². The van der Waals surface area contributed by atoms with Gasteiger partial charge in [0.2, 0.25) is 0 Å². The molecule has 1 heterocycles. The van der Waals surface area contributed by atoms with E-state index in [1.165, 1.54) is 5.56 Å². The summed E-state index contributed by atoms with van der Waals surface area (Å²) in [5.41, 5.74) is 4.70. The molecule has 2 rings (SSSR count). The summed E-state index contributed by atoms with van der Waals surface area (Å²) < 4.78 is 6.65. The predicted molar refractivity (Wildman–Crippen MR) is 70.1 cm³/mol. The number of hydrogen-bond acceptors (Lipinski definition) is 3. The summed E-state index contributed by atoms with van der Waals surface area (Å²) >= 11 is 8.40. The van der Waals surface area contributed by atoms with Crippen LogP contribution in [0, 0.1) is 0 Å². The Hall–Kier alpha value is -0.850. The second-order valence-corrected chi connectivity index (χ2v) is 4.80. The smallest absolute Gasteiger partial charge is 0.180 e. The van der Waals surface area contributed by atoms with Crippen molar-refractivity contribution in [2.75, 3.05) is 6.61 Å². The lowest BCUT2D eigenvalue weighted by Crippen LogP contribution is -2.39. The molecular formula is C10H12BrN3OS. The molecule has 4 nitrogen and oxygen atoms in total. The first-order valence-electron chi connectivity index (χ1n) is 4.89. The molecule has 1 aliphatic rings. The van der Waals surface area contributed by atoms with E-state index >= 15 is 0 Å². The quantitative estimate of drug-likeness (QED) is 0.436. The zero-order valence-electron chi connectivity index (χ0n) is 8.55. The molecule has 86 valence electrons. The maximum atomic E-state index is 5.59. The minimum absolute atomic E-state index is 0.423. The first kappa shape index (κ1) is 11.6. The van der Waals surface area contributed by atoms with Crippen molar-refractivity contribution in [2.45, 2.75) is 13.0 Å². The molecule has 1 aromatic rings. The van der Waals surface area contributed by atoms with Crippen molar-refractivity contribution in [3.63, 3.8) is 0 Å². The Morgan fingerprint density at radius 1 is 1.56 bits per heavy atom. The van der Waals surface area contributed by atoms with Crippen LogP contribution in [0.15, 0.2) is 16.6 Å². The SMILES string of the molecule is NNC(=S)NCc1cc(Br)cc2c1OCC2. The molecule has 0 amide bonds. The van der Waals surface area contributed by atoms with Gasteiger partial charge in [0, 0.05) is 23.0 Å². The number of nitrogens with one attached hydrogen (secondary N) is 2. The number of rotatable bonds is 2. The topological polar surface area (TPSA) is 59.3 Å². The van der Waals surface area contributed by atoms with Crippen LogP contribution in [0.2, 0.25) is 0 Å². The average molecular weight is 302 g/mol. The van der Waals surface area contributed by atoms with Gasteiger partial charge in [-0.1, -0.05) is 15.9 Å². The summed E-state index contributed by atoms with van der Waals surface area (Å²) in [4.78, 5) is 0. The summed E-state index contributed by atoms with van der Waals surface area (Å²) in [7, 11) is 0. The van der Waals surface area contributed by atoms with Crippen LogP contribution in [0.4, 0.5) is 0 Å². The van der Waals surface area contributed by atoms with Crippen molar-refractivity contribution in [3.8, 4) is 5.75 Å². The standard InChI is InChI=1S/C10H12BrN3OS/c11-8-3-6-1-2-15-9(6)7(4-8)5-13-10(16)14-12/h3-4H,1-2,5,12H2,(H2,13,14,16). The van der Waals surface area contributed by atoms with Crippen LogP contribution in [0.25, 0.3) is 0 Å². The number of halogens is 1. The van der Waals surface area contributed by atoms with Gasteiger partial charge in [0.05, 0.1) is 6.61 Å².